The van der Waals surface area contributed by atoms with Gasteiger partial charge in [-0.1, -0.05) is 13.0 Å². The number of carbonyl (C=O) groups is 1. The molecule has 1 spiro atoms. The third-order valence-corrected chi connectivity index (χ3v) is 4.25. The molecule has 2 rings (SSSR count). The van der Waals surface area contributed by atoms with Gasteiger partial charge in [0.2, 0.25) is 0 Å². The highest BCUT2D eigenvalue weighted by molar-refractivity contribution is 5.79. The van der Waals surface area contributed by atoms with E-state index in [-0.39, 0.29) is 0 Å². The van der Waals surface area contributed by atoms with Crippen LogP contribution in [0, 0.1) is 17.3 Å². The summed E-state index contributed by atoms with van der Waals surface area (Å²) in [5.41, 5.74) is 0.614. The Morgan fingerprint density at radius 2 is 2.21 bits per heavy atom. The number of rotatable bonds is 3. The molecule has 14 heavy (non-hydrogen) atoms. The molecule has 0 amide bonds. The molecule has 1 N–H and O–H groups in total. The van der Waals surface area contributed by atoms with E-state index < -0.39 is 5.97 Å². The maximum absolute atomic E-state index is 10.3. The zero-order chi connectivity index (χ0) is 10.2. The SMILES string of the molecule is CC1CCC(C/C=C/C(=O)O)C12CC2. The lowest BCUT2D eigenvalue weighted by atomic mass is 9.85. The summed E-state index contributed by atoms with van der Waals surface area (Å²) < 4.78 is 0. The Kier molecular flexibility index (Phi) is 2.38. The van der Waals surface area contributed by atoms with E-state index in [1.807, 2.05) is 6.08 Å². The second kappa shape index (κ2) is 3.41. The Bertz CT molecular complexity index is 263. The van der Waals surface area contributed by atoms with Crippen LogP contribution in [0.5, 0.6) is 0 Å². The molecular formula is C12H18O2. The quantitative estimate of drug-likeness (QED) is 0.701. The largest absolute Gasteiger partial charge is 0.478 e. The first-order valence-corrected chi connectivity index (χ1v) is 5.54. The summed E-state index contributed by atoms with van der Waals surface area (Å²) in [5.74, 6) is 0.805. The maximum Gasteiger partial charge on any atom is 0.327 e. The fourth-order valence-corrected chi connectivity index (χ4v) is 3.16. The molecule has 2 saturated carbocycles. The Labute approximate surface area is 85.0 Å². The van der Waals surface area contributed by atoms with Crippen molar-refractivity contribution in [2.24, 2.45) is 17.3 Å². The normalized spacial score (nSPS) is 34.1. The fourth-order valence-electron chi connectivity index (χ4n) is 3.16. The Morgan fingerprint density at radius 3 is 2.79 bits per heavy atom. The summed E-state index contributed by atoms with van der Waals surface area (Å²) >= 11 is 0. The second-order valence-corrected chi connectivity index (χ2v) is 4.88. The molecule has 0 aromatic carbocycles. The van der Waals surface area contributed by atoms with Gasteiger partial charge in [-0.05, 0) is 49.4 Å². The molecule has 0 radical (unpaired) electrons. The van der Waals surface area contributed by atoms with E-state index in [4.69, 9.17) is 5.11 Å². The van der Waals surface area contributed by atoms with Crippen LogP contribution in [-0.4, -0.2) is 11.1 Å². The first kappa shape index (κ1) is 9.75. The number of carboxylic acid groups (broad SMARTS) is 1. The smallest absolute Gasteiger partial charge is 0.327 e. The average molecular weight is 194 g/mol. The summed E-state index contributed by atoms with van der Waals surface area (Å²) in [6, 6.07) is 0. The Balaban J connectivity index is 1.90. The molecule has 0 aromatic heterocycles. The number of hydrogen-bond acceptors (Lipinski definition) is 1. The molecule has 2 nitrogen and oxygen atoms in total. The van der Waals surface area contributed by atoms with Gasteiger partial charge in [-0.3, -0.25) is 0 Å². The summed E-state index contributed by atoms with van der Waals surface area (Å²) in [5, 5.41) is 8.50. The standard InChI is InChI=1S/C12H18O2/c1-9-5-6-10(12(9)7-8-12)3-2-4-11(13)14/h2,4,9-10H,3,5-8H2,1H3,(H,13,14)/b4-2+. The molecule has 2 fully saturated rings. The van der Waals surface area contributed by atoms with Gasteiger partial charge in [-0.25, -0.2) is 4.79 Å². The topological polar surface area (TPSA) is 37.3 Å². The number of aliphatic carboxylic acids is 1. The van der Waals surface area contributed by atoms with Gasteiger partial charge in [0.05, 0.1) is 0 Å². The van der Waals surface area contributed by atoms with Crippen LogP contribution < -0.4 is 0 Å². The lowest BCUT2D eigenvalue weighted by Gasteiger charge is -2.20. The van der Waals surface area contributed by atoms with E-state index in [0.29, 0.717) is 5.41 Å². The molecule has 0 saturated heterocycles. The van der Waals surface area contributed by atoms with Crippen LogP contribution >= 0.6 is 0 Å². The van der Waals surface area contributed by atoms with E-state index >= 15 is 0 Å². The van der Waals surface area contributed by atoms with E-state index in [1.54, 1.807) is 0 Å². The van der Waals surface area contributed by atoms with Crippen LogP contribution in [0.15, 0.2) is 12.2 Å². The van der Waals surface area contributed by atoms with Crippen molar-refractivity contribution in [2.45, 2.75) is 39.0 Å². The van der Waals surface area contributed by atoms with Gasteiger partial charge in [-0.2, -0.15) is 0 Å². The predicted octanol–water partition coefficient (Wildman–Crippen LogP) is 2.84. The minimum Gasteiger partial charge on any atom is -0.478 e. The van der Waals surface area contributed by atoms with Gasteiger partial charge in [-0.15, -0.1) is 0 Å². The van der Waals surface area contributed by atoms with E-state index in [2.05, 4.69) is 6.92 Å². The van der Waals surface area contributed by atoms with Gasteiger partial charge in [0.25, 0.3) is 0 Å². The molecule has 2 aliphatic rings. The average Bonchev–Trinajstić information content (AvgIpc) is 2.84. The van der Waals surface area contributed by atoms with Gasteiger partial charge < -0.3 is 5.11 Å². The highest BCUT2D eigenvalue weighted by atomic mass is 16.4. The van der Waals surface area contributed by atoms with Crippen molar-refractivity contribution in [2.75, 3.05) is 0 Å². The first-order valence-electron chi connectivity index (χ1n) is 5.54. The van der Waals surface area contributed by atoms with Crippen LogP contribution in [-0.2, 0) is 4.79 Å². The van der Waals surface area contributed by atoms with Gasteiger partial charge in [0.1, 0.15) is 0 Å². The van der Waals surface area contributed by atoms with E-state index in [1.165, 1.54) is 31.8 Å². The lowest BCUT2D eigenvalue weighted by molar-refractivity contribution is -0.131. The summed E-state index contributed by atoms with van der Waals surface area (Å²) in [6.07, 6.45) is 9.48. The van der Waals surface area contributed by atoms with Crippen LogP contribution in [0.2, 0.25) is 0 Å². The second-order valence-electron chi connectivity index (χ2n) is 4.88. The Hall–Kier alpha value is -0.790. The third kappa shape index (κ3) is 1.58. The molecule has 2 aliphatic carbocycles. The van der Waals surface area contributed by atoms with Crippen LogP contribution in [0.4, 0.5) is 0 Å². The monoisotopic (exact) mass is 194 g/mol. The summed E-state index contributed by atoms with van der Waals surface area (Å²) in [6.45, 7) is 2.36. The van der Waals surface area contributed by atoms with Crippen LogP contribution in [0.3, 0.4) is 0 Å². The molecular weight excluding hydrogens is 176 g/mol. The first-order chi connectivity index (χ1) is 6.65. The minimum absolute atomic E-state index is 0.614. The van der Waals surface area contributed by atoms with Gasteiger partial charge in [0, 0.05) is 6.08 Å². The molecule has 2 heteroatoms. The van der Waals surface area contributed by atoms with E-state index in [0.717, 1.165) is 18.3 Å². The number of carboxylic acids is 1. The third-order valence-electron chi connectivity index (χ3n) is 4.25. The predicted molar refractivity (Wildman–Crippen MR) is 54.9 cm³/mol. The van der Waals surface area contributed by atoms with Crippen molar-refractivity contribution in [3.63, 3.8) is 0 Å². The van der Waals surface area contributed by atoms with Crippen molar-refractivity contribution >= 4 is 5.97 Å². The van der Waals surface area contributed by atoms with Gasteiger partial charge >= 0.3 is 5.97 Å². The molecule has 2 unspecified atom stereocenters. The molecule has 2 atom stereocenters. The highest BCUT2D eigenvalue weighted by Gasteiger charge is 2.55. The lowest BCUT2D eigenvalue weighted by Crippen LogP contribution is -2.13. The zero-order valence-electron chi connectivity index (χ0n) is 8.70. The van der Waals surface area contributed by atoms with E-state index in [9.17, 15) is 4.79 Å². The molecule has 0 heterocycles. The van der Waals surface area contributed by atoms with Crippen molar-refractivity contribution < 1.29 is 9.90 Å². The van der Waals surface area contributed by atoms with Crippen LogP contribution in [0.25, 0.3) is 0 Å². The molecule has 0 aliphatic heterocycles. The molecule has 0 aromatic rings. The summed E-state index contributed by atoms with van der Waals surface area (Å²) in [4.78, 5) is 10.3. The van der Waals surface area contributed by atoms with Crippen molar-refractivity contribution in [1.82, 2.24) is 0 Å². The van der Waals surface area contributed by atoms with Crippen LogP contribution in [0.1, 0.15) is 39.0 Å². The highest BCUT2D eigenvalue weighted by Crippen LogP contribution is 2.65. The zero-order valence-corrected chi connectivity index (χ0v) is 8.70. The number of hydrogen-bond donors (Lipinski definition) is 1. The van der Waals surface area contributed by atoms with Gasteiger partial charge in [0.15, 0.2) is 0 Å². The molecule has 78 valence electrons. The summed E-state index contributed by atoms with van der Waals surface area (Å²) in [7, 11) is 0. The van der Waals surface area contributed by atoms with Crippen molar-refractivity contribution in [3.8, 4) is 0 Å². The number of allylic oxidation sites excluding steroid dienone is 1. The Morgan fingerprint density at radius 1 is 1.50 bits per heavy atom. The van der Waals surface area contributed by atoms with Crippen molar-refractivity contribution in [3.05, 3.63) is 12.2 Å². The van der Waals surface area contributed by atoms with Crippen molar-refractivity contribution in [1.29, 1.82) is 0 Å². The fraction of sp³-hybridized carbons (Fsp3) is 0.750. The maximum atomic E-state index is 10.3. The minimum atomic E-state index is -0.819. The molecule has 0 bridgehead atoms.